The van der Waals surface area contributed by atoms with Crippen molar-refractivity contribution in [3.63, 3.8) is 0 Å². The summed E-state index contributed by atoms with van der Waals surface area (Å²) >= 11 is 0. The summed E-state index contributed by atoms with van der Waals surface area (Å²) in [6, 6.07) is 5.06. The summed E-state index contributed by atoms with van der Waals surface area (Å²) < 4.78 is 41.0. The minimum Gasteiger partial charge on any atom is -0.406 e. The summed E-state index contributed by atoms with van der Waals surface area (Å²) in [7, 11) is 2.12. The number of H-pyrrole nitrogens is 1. The van der Waals surface area contributed by atoms with Gasteiger partial charge in [-0.05, 0) is 50.1 Å². The topological polar surface area (TPSA) is 77.6 Å². The van der Waals surface area contributed by atoms with Crippen LogP contribution in [0.1, 0.15) is 34.7 Å². The van der Waals surface area contributed by atoms with Crippen molar-refractivity contribution < 1.29 is 22.7 Å². The van der Waals surface area contributed by atoms with Gasteiger partial charge in [0.05, 0.1) is 6.20 Å². The van der Waals surface area contributed by atoms with Gasteiger partial charge in [0, 0.05) is 56.6 Å². The summed E-state index contributed by atoms with van der Waals surface area (Å²) in [5.74, 6) is 0.589. The number of hydrogen-bond acceptors (Lipinski definition) is 6. The zero-order valence-electron chi connectivity index (χ0n) is 19.4. The number of likely N-dealkylation sites (tertiary alicyclic amines) is 1. The van der Waals surface area contributed by atoms with E-state index in [1.165, 1.54) is 12.1 Å². The number of carbonyl (C=O) groups excluding carboxylic acids is 1. The van der Waals surface area contributed by atoms with Gasteiger partial charge in [-0.3, -0.25) is 4.79 Å². The van der Waals surface area contributed by atoms with Crippen molar-refractivity contribution in [3.8, 4) is 5.75 Å². The first-order valence-electron chi connectivity index (χ1n) is 11.7. The summed E-state index contributed by atoms with van der Waals surface area (Å²) in [6.07, 6.45) is 0.578. The fraction of sp³-hybridized carbons (Fsp3) is 0.458. The Kier molecular flexibility index (Phi) is 6.26. The van der Waals surface area contributed by atoms with Gasteiger partial charge in [-0.25, -0.2) is 9.97 Å². The van der Waals surface area contributed by atoms with Gasteiger partial charge >= 0.3 is 6.36 Å². The lowest BCUT2D eigenvalue weighted by molar-refractivity contribution is -0.274. The Labute approximate surface area is 200 Å². The van der Waals surface area contributed by atoms with E-state index >= 15 is 0 Å². The third-order valence-electron chi connectivity index (χ3n) is 6.78. The standard InChI is InChI=1S/C24H27F3N6O2/c1-31-10-12-32(13-11-31)20-15-29-22-21(30-20)19(14-28-22)16-6-8-33(9-7-16)23(34)17-2-4-18(5-3-17)35-24(25,26)27/h2-5,14-16H,6-13H2,1H3,(H,28,29). The van der Waals surface area contributed by atoms with Crippen molar-refractivity contribution in [1.82, 2.24) is 24.8 Å². The number of amides is 1. The first kappa shape index (κ1) is 23.4. The van der Waals surface area contributed by atoms with Gasteiger partial charge < -0.3 is 24.4 Å². The maximum absolute atomic E-state index is 12.9. The molecular formula is C24H27F3N6O2. The van der Waals surface area contributed by atoms with Gasteiger partial charge in [-0.15, -0.1) is 13.2 Å². The average Bonchev–Trinajstić information content (AvgIpc) is 3.27. The number of piperidine rings is 1. The summed E-state index contributed by atoms with van der Waals surface area (Å²) in [5, 5.41) is 0. The Morgan fingerprint density at radius 3 is 2.40 bits per heavy atom. The smallest absolute Gasteiger partial charge is 0.406 e. The van der Waals surface area contributed by atoms with Crippen LogP contribution in [0, 0.1) is 0 Å². The number of rotatable bonds is 4. The molecule has 1 N–H and O–H groups in total. The number of ether oxygens (including phenoxy) is 1. The quantitative estimate of drug-likeness (QED) is 0.605. The maximum atomic E-state index is 12.9. The number of aromatic amines is 1. The molecule has 35 heavy (non-hydrogen) atoms. The fourth-order valence-electron chi connectivity index (χ4n) is 4.78. The molecule has 0 atom stereocenters. The predicted octanol–water partition coefficient (Wildman–Crippen LogP) is 3.63. The lowest BCUT2D eigenvalue weighted by Crippen LogP contribution is -2.44. The number of nitrogens with one attached hydrogen (secondary N) is 1. The molecule has 2 fully saturated rings. The molecule has 2 saturated heterocycles. The molecule has 8 nitrogen and oxygen atoms in total. The molecule has 0 radical (unpaired) electrons. The molecule has 1 aromatic carbocycles. The second-order valence-electron chi connectivity index (χ2n) is 9.10. The van der Waals surface area contributed by atoms with E-state index in [0.29, 0.717) is 18.7 Å². The van der Waals surface area contributed by atoms with Crippen LogP contribution in [0.2, 0.25) is 0 Å². The Morgan fingerprint density at radius 1 is 1.06 bits per heavy atom. The minimum atomic E-state index is -4.76. The fourth-order valence-corrected chi connectivity index (χ4v) is 4.78. The van der Waals surface area contributed by atoms with Crippen LogP contribution in [-0.4, -0.2) is 83.3 Å². The molecular weight excluding hydrogens is 461 g/mol. The van der Waals surface area contributed by atoms with Crippen LogP contribution >= 0.6 is 0 Å². The van der Waals surface area contributed by atoms with E-state index in [4.69, 9.17) is 4.98 Å². The van der Waals surface area contributed by atoms with Crippen LogP contribution in [0.4, 0.5) is 19.0 Å². The SMILES string of the molecule is CN1CCN(c2cnc3[nH]cc(C4CCN(C(=O)c5ccc(OC(F)(F)F)cc5)CC4)c3n2)CC1. The van der Waals surface area contributed by atoms with E-state index in [1.807, 2.05) is 12.4 Å². The molecule has 5 rings (SSSR count). The lowest BCUT2D eigenvalue weighted by Gasteiger charge is -2.33. The van der Waals surface area contributed by atoms with Crippen molar-refractivity contribution in [1.29, 1.82) is 0 Å². The Hall–Kier alpha value is -3.34. The van der Waals surface area contributed by atoms with Gasteiger partial charge in [0.15, 0.2) is 5.65 Å². The minimum absolute atomic E-state index is 0.196. The normalized spacial score (nSPS) is 18.3. The van der Waals surface area contributed by atoms with Crippen molar-refractivity contribution >= 4 is 22.9 Å². The highest BCUT2D eigenvalue weighted by Crippen LogP contribution is 2.33. The van der Waals surface area contributed by atoms with Gasteiger partial charge in [0.2, 0.25) is 0 Å². The third-order valence-corrected chi connectivity index (χ3v) is 6.78. The van der Waals surface area contributed by atoms with E-state index in [2.05, 4.69) is 31.6 Å². The molecule has 1 amide bonds. The molecule has 2 aliphatic heterocycles. The molecule has 0 unspecified atom stereocenters. The number of nitrogens with zero attached hydrogens (tertiary/aromatic N) is 5. The molecule has 0 saturated carbocycles. The first-order valence-corrected chi connectivity index (χ1v) is 11.7. The molecule has 11 heteroatoms. The highest BCUT2D eigenvalue weighted by molar-refractivity contribution is 5.94. The third kappa shape index (κ3) is 5.19. The molecule has 0 bridgehead atoms. The molecule has 2 aromatic heterocycles. The zero-order chi connectivity index (χ0) is 24.6. The van der Waals surface area contributed by atoms with Crippen LogP contribution in [0.3, 0.4) is 0 Å². The van der Waals surface area contributed by atoms with Gasteiger partial charge in [0.1, 0.15) is 17.1 Å². The number of benzene rings is 1. The molecule has 4 heterocycles. The lowest BCUT2D eigenvalue weighted by atomic mass is 9.90. The summed E-state index contributed by atoms with van der Waals surface area (Å²) in [5.41, 5.74) is 3.10. The second-order valence-corrected chi connectivity index (χ2v) is 9.10. The number of halogens is 3. The monoisotopic (exact) mass is 488 g/mol. The molecule has 186 valence electrons. The number of piperazine rings is 1. The Balaban J connectivity index is 1.24. The Bertz CT molecular complexity index is 1180. The first-order chi connectivity index (χ1) is 16.8. The Morgan fingerprint density at radius 2 is 1.74 bits per heavy atom. The van der Waals surface area contributed by atoms with E-state index in [1.54, 1.807) is 4.90 Å². The van der Waals surface area contributed by atoms with E-state index in [-0.39, 0.29) is 17.6 Å². The highest BCUT2D eigenvalue weighted by Gasteiger charge is 2.31. The van der Waals surface area contributed by atoms with Crippen LogP contribution in [0.25, 0.3) is 11.2 Å². The summed E-state index contributed by atoms with van der Waals surface area (Å²) in [4.78, 5) is 31.9. The van der Waals surface area contributed by atoms with Gasteiger partial charge in [0.25, 0.3) is 5.91 Å². The van der Waals surface area contributed by atoms with Gasteiger partial charge in [-0.1, -0.05) is 0 Å². The number of alkyl halides is 3. The molecule has 3 aromatic rings. The van der Waals surface area contributed by atoms with E-state index < -0.39 is 6.36 Å². The number of carbonyl (C=O) groups is 1. The molecule has 0 aliphatic carbocycles. The average molecular weight is 489 g/mol. The van der Waals surface area contributed by atoms with Gasteiger partial charge in [-0.2, -0.15) is 0 Å². The van der Waals surface area contributed by atoms with Crippen LogP contribution in [0.5, 0.6) is 5.75 Å². The zero-order valence-corrected chi connectivity index (χ0v) is 19.4. The number of aromatic nitrogens is 3. The number of likely N-dealkylation sites (N-methyl/N-ethyl adjacent to an activating group) is 1. The van der Waals surface area contributed by atoms with Crippen molar-refractivity contribution in [2.24, 2.45) is 0 Å². The number of fused-ring (bicyclic) bond motifs is 1. The van der Waals surface area contributed by atoms with Crippen LogP contribution in [0.15, 0.2) is 36.7 Å². The second kappa shape index (κ2) is 9.37. The maximum Gasteiger partial charge on any atom is 0.573 e. The van der Waals surface area contributed by atoms with E-state index in [9.17, 15) is 18.0 Å². The van der Waals surface area contributed by atoms with Crippen LogP contribution in [-0.2, 0) is 0 Å². The number of hydrogen-bond donors (Lipinski definition) is 1. The summed E-state index contributed by atoms with van der Waals surface area (Å²) in [6.45, 7) is 4.93. The van der Waals surface area contributed by atoms with Crippen molar-refractivity contribution in [2.75, 3.05) is 51.2 Å². The van der Waals surface area contributed by atoms with Crippen LogP contribution < -0.4 is 9.64 Å². The van der Waals surface area contributed by atoms with Crippen molar-refractivity contribution in [2.45, 2.75) is 25.1 Å². The molecule has 2 aliphatic rings. The van der Waals surface area contributed by atoms with E-state index in [0.717, 1.165) is 73.7 Å². The predicted molar refractivity (Wildman–Crippen MR) is 125 cm³/mol. The molecule has 0 spiro atoms. The largest absolute Gasteiger partial charge is 0.573 e. The van der Waals surface area contributed by atoms with Crippen molar-refractivity contribution in [3.05, 3.63) is 47.8 Å². The highest BCUT2D eigenvalue weighted by atomic mass is 19.4. The number of anilines is 1.